The molecule has 0 spiro atoms. The summed E-state index contributed by atoms with van der Waals surface area (Å²) in [5.74, 6) is 0. The van der Waals surface area contributed by atoms with Crippen molar-refractivity contribution >= 4 is 0 Å². The lowest BCUT2D eigenvalue weighted by atomic mass is 10.1. The number of rotatable bonds is 2. The van der Waals surface area contributed by atoms with Crippen molar-refractivity contribution in [3.63, 3.8) is 0 Å². The quantitative estimate of drug-likeness (QED) is 0.572. The van der Waals surface area contributed by atoms with Gasteiger partial charge in [0.2, 0.25) is 0 Å². The van der Waals surface area contributed by atoms with Crippen molar-refractivity contribution in [2.75, 3.05) is 6.61 Å². The number of hydrogen-bond acceptors (Lipinski definition) is 4. The van der Waals surface area contributed by atoms with E-state index in [0.717, 1.165) is 0 Å². The van der Waals surface area contributed by atoms with Crippen molar-refractivity contribution in [3.05, 3.63) is 0 Å². The highest BCUT2D eigenvalue weighted by molar-refractivity contribution is 4.89. The molecule has 1 N–H and O–H groups in total. The first-order chi connectivity index (χ1) is 5.31. The van der Waals surface area contributed by atoms with Crippen LogP contribution in [0.15, 0.2) is 0 Å². The highest BCUT2D eigenvalue weighted by Gasteiger charge is 2.49. The normalized spacial score (nSPS) is 48.5. The fourth-order valence-corrected chi connectivity index (χ4v) is 1.28. The molecule has 4 unspecified atom stereocenters. The molecule has 0 radical (unpaired) electrons. The van der Waals surface area contributed by atoms with E-state index in [4.69, 9.17) is 9.47 Å². The molecule has 2 fully saturated rings. The highest BCUT2D eigenvalue weighted by atomic mass is 19.3. The van der Waals surface area contributed by atoms with Crippen LogP contribution >= 0.6 is 0 Å². The van der Waals surface area contributed by atoms with E-state index in [1.165, 1.54) is 0 Å². The molecule has 0 aromatic rings. The Morgan fingerprint density at radius 3 is 3.09 bits per heavy atom. The predicted octanol–water partition coefficient (Wildman–Crippen LogP) is -0.238. The van der Waals surface area contributed by atoms with E-state index in [1.807, 2.05) is 0 Å². The van der Waals surface area contributed by atoms with E-state index < -0.39 is 12.2 Å². The molecular formula is C6H9FO4. The molecule has 0 aromatic heterocycles. The minimum atomic E-state index is -0.672. The van der Waals surface area contributed by atoms with Crippen LogP contribution in [0.3, 0.4) is 0 Å². The van der Waals surface area contributed by atoms with Gasteiger partial charge in [0, 0.05) is 6.42 Å². The summed E-state index contributed by atoms with van der Waals surface area (Å²) in [7, 11) is 0. The third-order valence-corrected chi connectivity index (χ3v) is 1.98. The Bertz CT molecular complexity index is 154. The molecule has 4 nitrogen and oxygen atoms in total. The molecule has 2 aliphatic heterocycles. The Morgan fingerprint density at radius 1 is 1.55 bits per heavy atom. The Balaban J connectivity index is 1.87. The standard InChI is InChI=1S/C6H9FO4/c7-9-2-5-3(8)1-4-6(10-4)11-5/h3-6,8H,1-2H2. The molecule has 64 valence electrons. The zero-order valence-corrected chi connectivity index (χ0v) is 5.77. The smallest absolute Gasteiger partial charge is 0.185 e. The maximum Gasteiger partial charge on any atom is 0.185 e. The number of aliphatic hydroxyl groups excluding tert-OH is 1. The minimum Gasteiger partial charge on any atom is -0.390 e. The van der Waals surface area contributed by atoms with Crippen LogP contribution < -0.4 is 0 Å². The van der Waals surface area contributed by atoms with E-state index in [9.17, 15) is 9.63 Å². The van der Waals surface area contributed by atoms with Gasteiger partial charge in [-0.15, -0.1) is 0 Å². The predicted molar refractivity (Wildman–Crippen MR) is 31.2 cm³/mol. The molecule has 0 bridgehead atoms. The van der Waals surface area contributed by atoms with Gasteiger partial charge in [-0.05, 0) is 4.53 Å². The van der Waals surface area contributed by atoms with Gasteiger partial charge in [0.05, 0.1) is 6.10 Å². The Morgan fingerprint density at radius 2 is 2.36 bits per heavy atom. The molecule has 2 rings (SSSR count). The van der Waals surface area contributed by atoms with Gasteiger partial charge in [-0.2, -0.15) is 4.94 Å². The van der Waals surface area contributed by atoms with Crippen molar-refractivity contribution in [1.29, 1.82) is 0 Å². The zero-order valence-electron chi connectivity index (χ0n) is 5.77. The Kier molecular flexibility index (Phi) is 1.80. The third kappa shape index (κ3) is 1.37. The van der Waals surface area contributed by atoms with Gasteiger partial charge >= 0.3 is 0 Å². The molecule has 0 saturated carbocycles. The average molecular weight is 164 g/mol. The van der Waals surface area contributed by atoms with Crippen LogP contribution in [-0.2, 0) is 14.4 Å². The number of epoxide rings is 1. The first kappa shape index (κ1) is 7.42. The summed E-state index contributed by atoms with van der Waals surface area (Å²) in [6.07, 6.45) is -0.962. The van der Waals surface area contributed by atoms with Crippen molar-refractivity contribution in [2.24, 2.45) is 0 Å². The van der Waals surface area contributed by atoms with E-state index in [2.05, 4.69) is 4.94 Å². The van der Waals surface area contributed by atoms with Gasteiger partial charge in [-0.3, -0.25) is 0 Å². The molecule has 2 saturated heterocycles. The van der Waals surface area contributed by atoms with Gasteiger partial charge < -0.3 is 14.6 Å². The van der Waals surface area contributed by atoms with Gasteiger partial charge in [-0.25, -0.2) is 0 Å². The molecule has 0 aromatic carbocycles. The van der Waals surface area contributed by atoms with Crippen molar-refractivity contribution < 1.29 is 24.0 Å². The minimum absolute atomic E-state index is 0.0147. The summed E-state index contributed by atoms with van der Waals surface area (Å²) in [6, 6.07) is 0. The van der Waals surface area contributed by atoms with Gasteiger partial charge in [-0.1, -0.05) is 0 Å². The number of aliphatic hydroxyl groups is 1. The van der Waals surface area contributed by atoms with Crippen LogP contribution in [0, 0.1) is 0 Å². The monoisotopic (exact) mass is 164 g/mol. The summed E-state index contributed by atoms with van der Waals surface area (Å²) in [5.41, 5.74) is 0. The van der Waals surface area contributed by atoms with Gasteiger partial charge in [0.25, 0.3) is 0 Å². The Labute approximate surface area is 62.8 Å². The SMILES string of the molecule is OC1CC2OC2OC1COF. The van der Waals surface area contributed by atoms with E-state index >= 15 is 0 Å². The van der Waals surface area contributed by atoms with Crippen LogP contribution in [0.5, 0.6) is 0 Å². The highest BCUT2D eigenvalue weighted by Crippen LogP contribution is 2.35. The second-order valence-electron chi connectivity index (χ2n) is 2.80. The molecule has 5 heteroatoms. The van der Waals surface area contributed by atoms with Crippen LogP contribution in [-0.4, -0.2) is 36.3 Å². The molecule has 0 aliphatic carbocycles. The fraction of sp³-hybridized carbons (Fsp3) is 1.00. The molecular weight excluding hydrogens is 155 g/mol. The van der Waals surface area contributed by atoms with E-state index in [1.54, 1.807) is 0 Å². The topological polar surface area (TPSA) is 51.2 Å². The lowest BCUT2D eigenvalue weighted by Crippen LogP contribution is -2.38. The molecule has 4 atom stereocenters. The largest absolute Gasteiger partial charge is 0.390 e. The fourth-order valence-electron chi connectivity index (χ4n) is 1.28. The van der Waals surface area contributed by atoms with E-state index in [-0.39, 0.29) is 19.0 Å². The average Bonchev–Trinajstić information content (AvgIpc) is 2.67. The summed E-state index contributed by atoms with van der Waals surface area (Å²) >= 11 is 0. The van der Waals surface area contributed by atoms with Crippen LogP contribution in [0.4, 0.5) is 4.53 Å². The number of hydrogen-bond donors (Lipinski definition) is 1. The Hall–Kier alpha value is -0.230. The number of ether oxygens (including phenoxy) is 2. The van der Waals surface area contributed by atoms with Crippen molar-refractivity contribution in [1.82, 2.24) is 0 Å². The lowest BCUT2D eigenvalue weighted by Gasteiger charge is -2.23. The summed E-state index contributed by atoms with van der Waals surface area (Å²) < 4.78 is 21.4. The summed E-state index contributed by atoms with van der Waals surface area (Å²) in [6.45, 7) is -0.228. The molecule has 11 heavy (non-hydrogen) atoms. The van der Waals surface area contributed by atoms with Crippen molar-refractivity contribution in [3.8, 4) is 0 Å². The third-order valence-electron chi connectivity index (χ3n) is 1.98. The molecule has 2 heterocycles. The van der Waals surface area contributed by atoms with E-state index in [0.29, 0.717) is 6.42 Å². The second-order valence-corrected chi connectivity index (χ2v) is 2.80. The molecule has 2 aliphatic rings. The first-order valence-corrected chi connectivity index (χ1v) is 3.54. The van der Waals surface area contributed by atoms with Gasteiger partial charge in [0.15, 0.2) is 6.29 Å². The zero-order chi connectivity index (χ0) is 7.84. The summed E-state index contributed by atoms with van der Waals surface area (Å²) in [4.78, 5) is 3.38. The van der Waals surface area contributed by atoms with Crippen LogP contribution in [0.1, 0.15) is 6.42 Å². The lowest BCUT2D eigenvalue weighted by molar-refractivity contribution is -0.196. The number of fused-ring (bicyclic) bond motifs is 1. The van der Waals surface area contributed by atoms with Crippen molar-refractivity contribution in [2.45, 2.75) is 31.0 Å². The summed E-state index contributed by atoms with van der Waals surface area (Å²) in [5, 5.41) is 9.25. The maximum atomic E-state index is 11.4. The van der Waals surface area contributed by atoms with Crippen LogP contribution in [0.25, 0.3) is 0 Å². The second kappa shape index (κ2) is 2.67. The first-order valence-electron chi connectivity index (χ1n) is 3.54. The number of halogens is 1. The van der Waals surface area contributed by atoms with Crippen LogP contribution in [0.2, 0.25) is 0 Å². The maximum absolute atomic E-state index is 11.4. The molecule has 0 amide bonds. The van der Waals surface area contributed by atoms with Gasteiger partial charge in [0.1, 0.15) is 18.8 Å².